The minimum Gasteiger partial charge on any atom is -0.490 e. The van der Waals surface area contributed by atoms with Crippen molar-refractivity contribution in [3.8, 4) is 17.6 Å². The highest BCUT2D eigenvalue weighted by atomic mass is 35.5. The van der Waals surface area contributed by atoms with Crippen molar-refractivity contribution in [1.29, 1.82) is 5.26 Å². The average Bonchev–Trinajstić information content (AvgIpc) is 2.85. The lowest BCUT2D eigenvalue weighted by molar-refractivity contribution is -0.118. The van der Waals surface area contributed by atoms with Crippen LogP contribution in [0.25, 0.3) is 6.08 Å². The summed E-state index contributed by atoms with van der Waals surface area (Å²) in [5.74, 6) is -0.271. The molecule has 0 aliphatic rings. The van der Waals surface area contributed by atoms with Crippen molar-refractivity contribution in [1.82, 2.24) is 0 Å². The maximum absolute atomic E-state index is 12.6. The van der Waals surface area contributed by atoms with Crippen molar-refractivity contribution in [3.05, 3.63) is 87.4 Å². The standard InChI is InChI=1S/C27H23Cl2N3O4/c1-3-35-25-13-18(12-19(15-30)27(34)32-23-7-5-4-6-21(23)28)9-11-24(25)36-16-26(33)31-20-10-8-17(2)22(29)14-20/h4-14H,3,16H2,1-2H3,(H,31,33)(H,32,34)/b19-12+. The molecular weight excluding hydrogens is 501 g/mol. The number of nitriles is 1. The van der Waals surface area contributed by atoms with Crippen LogP contribution in [0.15, 0.2) is 66.2 Å². The molecule has 0 spiro atoms. The van der Waals surface area contributed by atoms with Crippen LogP contribution in [0.4, 0.5) is 11.4 Å². The maximum Gasteiger partial charge on any atom is 0.266 e. The van der Waals surface area contributed by atoms with Crippen LogP contribution in [-0.4, -0.2) is 25.0 Å². The molecule has 0 unspecified atom stereocenters. The van der Waals surface area contributed by atoms with E-state index in [0.29, 0.717) is 45.1 Å². The third-order valence-electron chi connectivity index (χ3n) is 4.88. The van der Waals surface area contributed by atoms with Gasteiger partial charge in [-0.2, -0.15) is 5.26 Å². The third-order valence-corrected chi connectivity index (χ3v) is 5.62. The summed E-state index contributed by atoms with van der Waals surface area (Å²) in [7, 11) is 0. The van der Waals surface area contributed by atoms with Gasteiger partial charge in [-0.3, -0.25) is 9.59 Å². The number of ether oxygens (including phenoxy) is 2. The highest BCUT2D eigenvalue weighted by molar-refractivity contribution is 6.34. The Labute approximate surface area is 219 Å². The molecule has 0 atom stereocenters. The zero-order valence-electron chi connectivity index (χ0n) is 19.6. The SMILES string of the molecule is CCOc1cc(/C=C(\C#N)C(=O)Nc2ccccc2Cl)ccc1OCC(=O)Nc1ccc(C)c(Cl)c1. The van der Waals surface area contributed by atoms with Crippen molar-refractivity contribution in [2.24, 2.45) is 0 Å². The van der Waals surface area contributed by atoms with Crippen LogP contribution >= 0.6 is 23.2 Å². The molecule has 3 aromatic rings. The number of nitrogens with zero attached hydrogens (tertiary/aromatic N) is 1. The molecule has 0 saturated carbocycles. The number of nitrogens with one attached hydrogen (secondary N) is 2. The number of aryl methyl sites for hydroxylation is 1. The van der Waals surface area contributed by atoms with E-state index < -0.39 is 5.91 Å². The molecule has 184 valence electrons. The number of para-hydroxylation sites is 1. The van der Waals surface area contributed by atoms with Gasteiger partial charge in [0.05, 0.1) is 17.3 Å². The number of carbonyl (C=O) groups is 2. The van der Waals surface area contributed by atoms with Crippen LogP contribution in [0.3, 0.4) is 0 Å². The minimum atomic E-state index is -0.600. The highest BCUT2D eigenvalue weighted by Gasteiger charge is 2.14. The van der Waals surface area contributed by atoms with Crippen molar-refractivity contribution < 1.29 is 19.1 Å². The second-order valence-corrected chi connectivity index (χ2v) is 8.36. The fraction of sp³-hybridized carbons (Fsp3) is 0.148. The molecular formula is C27H23Cl2N3O4. The van der Waals surface area contributed by atoms with E-state index in [9.17, 15) is 14.9 Å². The highest BCUT2D eigenvalue weighted by Crippen LogP contribution is 2.30. The van der Waals surface area contributed by atoms with E-state index in [2.05, 4.69) is 10.6 Å². The summed E-state index contributed by atoms with van der Waals surface area (Å²) < 4.78 is 11.3. The minimum absolute atomic E-state index is 0.123. The summed E-state index contributed by atoms with van der Waals surface area (Å²) in [5, 5.41) is 15.8. The summed E-state index contributed by atoms with van der Waals surface area (Å²) in [5.41, 5.74) is 2.28. The molecule has 0 radical (unpaired) electrons. The fourth-order valence-electron chi connectivity index (χ4n) is 3.08. The van der Waals surface area contributed by atoms with Gasteiger partial charge in [-0.15, -0.1) is 0 Å². The van der Waals surface area contributed by atoms with Gasteiger partial charge < -0.3 is 20.1 Å². The van der Waals surface area contributed by atoms with E-state index in [1.807, 2.05) is 19.1 Å². The molecule has 9 heteroatoms. The number of carbonyl (C=O) groups excluding carboxylic acids is 2. The van der Waals surface area contributed by atoms with E-state index in [4.69, 9.17) is 32.7 Å². The largest absolute Gasteiger partial charge is 0.490 e. The van der Waals surface area contributed by atoms with Crippen LogP contribution in [0, 0.1) is 18.3 Å². The Hall–Kier alpha value is -3.99. The molecule has 3 aromatic carbocycles. The quantitative estimate of drug-likeness (QED) is 0.254. The molecule has 2 amide bonds. The van der Waals surface area contributed by atoms with Crippen LogP contribution < -0.4 is 20.1 Å². The lowest BCUT2D eigenvalue weighted by Crippen LogP contribution is -2.20. The molecule has 0 aliphatic carbocycles. The van der Waals surface area contributed by atoms with E-state index in [0.717, 1.165) is 5.56 Å². The van der Waals surface area contributed by atoms with Crippen LogP contribution in [0.1, 0.15) is 18.1 Å². The van der Waals surface area contributed by atoms with Crippen molar-refractivity contribution in [2.75, 3.05) is 23.8 Å². The molecule has 3 rings (SSSR count). The first kappa shape index (κ1) is 26.6. The maximum atomic E-state index is 12.6. The van der Waals surface area contributed by atoms with Crippen molar-refractivity contribution in [3.63, 3.8) is 0 Å². The van der Waals surface area contributed by atoms with Gasteiger partial charge in [-0.1, -0.05) is 47.5 Å². The second-order valence-electron chi connectivity index (χ2n) is 7.54. The van der Waals surface area contributed by atoms with Gasteiger partial charge in [-0.25, -0.2) is 0 Å². The molecule has 0 aromatic heterocycles. The van der Waals surface area contributed by atoms with E-state index in [-0.39, 0.29) is 18.1 Å². The number of hydrogen-bond acceptors (Lipinski definition) is 5. The average molecular weight is 524 g/mol. The van der Waals surface area contributed by atoms with Gasteiger partial charge in [0.1, 0.15) is 11.6 Å². The first-order chi connectivity index (χ1) is 17.3. The lowest BCUT2D eigenvalue weighted by atomic mass is 10.1. The first-order valence-electron chi connectivity index (χ1n) is 10.9. The van der Waals surface area contributed by atoms with Gasteiger partial charge in [0, 0.05) is 10.7 Å². The molecule has 7 nitrogen and oxygen atoms in total. The monoisotopic (exact) mass is 523 g/mol. The Balaban J connectivity index is 1.71. The number of amides is 2. The molecule has 0 fully saturated rings. The van der Waals surface area contributed by atoms with E-state index >= 15 is 0 Å². The predicted molar refractivity (Wildman–Crippen MR) is 142 cm³/mol. The number of benzene rings is 3. The summed E-state index contributed by atoms with van der Waals surface area (Å²) in [6.45, 7) is 3.76. The molecule has 0 saturated heterocycles. The van der Waals surface area contributed by atoms with Crippen LogP contribution in [0.2, 0.25) is 10.0 Å². The lowest BCUT2D eigenvalue weighted by Gasteiger charge is -2.13. The van der Waals surface area contributed by atoms with Gasteiger partial charge in [-0.05, 0) is 67.4 Å². The van der Waals surface area contributed by atoms with Crippen LogP contribution in [0.5, 0.6) is 11.5 Å². The summed E-state index contributed by atoms with van der Waals surface area (Å²) in [4.78, 5) is 24.9. The van der Waals surface area contributed by atoms with Gasteiger partial charge in [0.25, 0.3) is 11.8 Å². The topological polar surface area (TPSA) is 100 Å². The zero-order valence-corrected chi connectivity index (χ0v) is 21.1. The Morgan fingerprint density at radius 2 is 1.75 bits per heavy atom. The number of halogens is 2. The smallest absolute Gasteiger partial charge is 0.266 e. The summed E-state index contributed by atoms with van der Waals surface area (Å²) in [6, 6.07) is 18.7. The fourth-order valence-corrected chi connectivity index (χ4v) is 3.44. The first-order valence-corrected chi connectivity index (χ1v) is 11.7. The van der Waals surface area contributed by atoms with E-state index in [1.165, 1.54) is 6.08 Å². The molecule has 0 aliphatic heterocycles. The molecule has 0 bridgehead atoms. The van der Waals surface area contributed by atoms with E-state index in [1.54, 1.807) is 61.5 Å². The Morgan fingerprint density at radius 1 is 0.972 bits per heavy atom. The summed E-state index contributed by atoms with van der Waals surface area (Å²) >= 11 is 12.2. The van der Waals surface area contributed by atoms with Crippen molar-refractivity contribution in [2.45, 2.75) is 13.8 Å². The zero-order chi connectivity index (χ0) is 26.1. The summed E-state index contributed by atoms with van der Waals surface area (Å²) in [6.07, 6.45) is 1.42. The number of rotatable bonds is 9. The number of hydrogen-bond donors (Lipinski definition) is 2. The van der Waals surface area contributed by atoms with Crippen LogP contribution in [-0.2, 0) is 9.59 Å². The predicted octanol–water partition coefficient (Wildman–Crippen LogP) is 6.26. The Kier molecular flexibility index (Phi) is 9.34. The second kappa shape index (κ2) is 12.6. The molecule has 2 N–H and O–H groups in total. The van der Waals surface area contributed by atoms with Crippen molar-refractivity contribution >= 4 is 52.5 Å². The molecule has 36 heavy (non-hydrogen) atoms. The normalized spacial score (nSPS) is 10.8. The van der Waals surface area contributed by atoms with Gasteiger partial charge in [0.15, 0.2) is 18.1 Å². The third kappa shape index (κ3) is 7.25. The Bertz CT molecular complexity index is 1350. The van der Waals surface area contributed by atoms with Gasteiger partial charge in [0.2, 0.25) is 0 Å². The number of anilines is 2. The van der Waals surface area contributed by atoms with Gasteiger partial charge >= 0.3 is 0 Å². The molecule has 0 heterocycles. The Morgan fingerprint density at radius 3 is 2.44 bits per heavy atom.